The van der Waals surface area contributed by atoms with Crippen molar-refractivity contribution < 1.29 is 0 Å². The SMILES string of the molecule is C=CSC(=C)c1cccc(C)n1. The van der Waals surface area contributed by atoms with Gasteiger partial charge in [0.1, 0.15) is 0 Å². The molecule has 1 rings (SSSR count). The van der Waals surface area contributed by atoms with E-state index in [4.69, 9.17) is 0 Å². The topological polar surface area (TPSA) is 12.9 Å². The first-order valence-electron chi connectivity index (χ1n) is 3.64. The molecule has 0 N–H and O–H groups in total. The highest BCUT2D eigenvalue weighted by atomic mass is 32.2. The molecule has 0 bridgehead atoms. The van der Waals surface area contributed by atoms with E-state index in [0.717, 1.165) is 16.3 Å². The number of nitrogens with zero attached hydrogens (tertiary/aromatic N) is 1. The minimum atomic E-state index is 0.930. The first-order chi connectivity index (χ1) is 5.74. The molecule has 0 atom stereocenters. The maximum Gasteiger partial charge on any atom is 0.0765 e. The quantitative estimate of drug-likeness (QED) is 0.703. The van der Waals surface area contributed by atoms with E-state index in [1.807, 2.05) is 25.1 Å². The number of aromatic nitrogens is 1. The van der Waals surface area contributed by atoms with E-state index in [9.17, 15) is 0 Å². The van der Waals surface area contributed by atoms with Gasteiger partial charge >= 0.3 is 0 Å². The van der Waals surface area contributed by atoms with Crippen molar-refractivity contribution in [3.8, 4) is 0 Å². The molecule has 0 saturated heterocycles. The Labute approximate surface area is 77.2 Å². The molecule has 0 radical (unpaired) electrons. The van der Waals surface area contributed by atoms with E-state index in [-0.39, 0.29) is 0 Å². The predicted molar refractivity (Wildman–Crippen MR) is 55.8 cm³/mol. The third kappa shape index (κ3) is 2.24. The van der Waals surface area contributed by atoms with E-state index in [0.29, 0.717) is 0 Å². The van der Waals surface area contributed by atoms with Crippen LogP contribution in [0.4, 0.5) is 0 Å². The summed E-state index contributed by atoms with van der Waals surface area (Å²) in [4.78, 5) is 5.26. The summed E-state index contributed by atoms with van der Waals surface area (Å²) in [6.07, 6.45) is 0. The van der Waals surface area contributed by atoms with Gasteiger partial charge in [-0.3, -0.25) is 4.98 Å². The summed E-state index contributed by atoms with van der Waals surface area (Å²) < 4.78 is 0. The molecule has 0 aliphatic heterocycles. The van der Waals surface area contributed by atoms with Crippen molar-refractivity contribution in [2.24, 2.45) is 0 Å². The molecule has 1 heterocycles. The molecule has 0 unspecified atom stereocenters. The van der Waals surface area contributed by atoms with E-state index < -0.39 is 0 Å². The van der Waals surface area contributed by atoms with Crippen molar-refractivity contribution in [1.29, 1.82) is 0 Å². The normalized spacial score (nSPS) is 9.42. The Morgan fingerprint density at radius 1 is 1.58 bits per heavy atom. The number of pyridine rings is 1. The third-order valence-corrected chi connectivity index (χ3v) is 2.06. The zero-order chi connectivity index (χ0) is 8.97. The molecule has 1 nitrogen and oxygen atoms in total. The van der Waals surface area contributed by atoms with Gasteiger partial charge in [-0.05, 0) is 24.5 Å². The van der Waals surface area contributed by atoms with Crippen LogP contribution >= 0.6 is 11.8 Å². The first kappa shape index (κ1) is 9.07. The van der Waals surface area contributed by atoms with Gasteiger partial charge in [0.05, 0.1) is 5.69 Å². The van der Waals surface area contributed by atoms with Crippen molar-refractivity contribution in [3.05, 3.63) is 48.2 Å². The summed E-state index contributed by atoms with van der Waals surface area (Å²) in [5, 5.41) is 1.76. The van der Waals surface area contributed by atoms with Crippen molar-refractivity contribution in [3.63, 3.8) is 0 Å². The van der Waals surface area contributed by atoms with Gasteiger partial charge in [0.15, 0.2) is 0 Å². The van der Waals surface area contributed by atoms with Crippen LogP contribution in [-0.4, -0.2) is 4.98 Å². The van der Waals surface area contributed by atoms with Crippen molar-refractivity contribution in [1.82, 2.24) is 4.98 Å². The summed E-state index contributed by atoms with van der Waals surface area (Å²) in [5.41, 5.74) is 1.94. The first-order valence-corrected chi connectivity index (χ1v) is 4.52. The second-order valence-corrected chi connectivity index (χ2v) is 3.43. The van der Waals surface area contributed by atoms with Crippen molar-refractivity contribution >= 4 is 16.7 Å². The lowest BCUT2D eigenvalue weighted by Crippen LogP contribution is -1.86. The van der Waals surface area contributed by atoms with Crippen LogP contribution in [0.2, 0.25) is 0 Å². The van der Waals surface area contributed by atoms with Gasteiger partial charge in [0.2, 0.25) is 0 Å². The Morgan fingerprint density at radius 3 is 2.92 bits per heavy atom. The lowest BCUT2D eigenvalue weighted by molar-refractivity contribution is 1.18. The molecule has 0 aliphatic rings. The third-order valence-electron chi connectivity index (χ3n) is 1.40. The van der Waals surface area contributed by atoms with Gasteiger partial charge in [-0.1, -0.05) is 31.0 Å². The summed E-state index contributed by atoms with van der Waals surface area (Å²) >= 11 is 1.50. The fourth-order valence-electron chi connectivity index (χ4n) is 0.859. The maximum atomic E-state index is 4.32. The molecule has 62 valence electrons. The predicted octanol–water partition coefficient (Wildman–Crippen LogP) is 3.24. The molecule has 0 spiro atoms. The van der Waals surface area contributed by atoms with Crippen LogP contribution in [-0.2, 0) is 0 Å². The zero-order valence-corrected chi connectivity index (χ0v) is 7.90. The molecule has 1 aromatic rings. The maximum absolute atomic E-state index is 4.32. The lowest BCUT2D eigenvalue weighted by atomic mass is 10.3. The van der Waals surface area contributed by atoms with Crippen LogP contribution in [0.1, 0.15) is 11.4 Å². The highest BCUT2D eigenvalue weighted by molar-refractivity contribution is 8.10. The van der Waals surface area contributed by atoms with Gasteiger partial charge in [0.25, 0.3) is 0 Å². The molecule has 0 aromatic carbocycles. The van der Waals surface area contributed by atoms with Crippen LogP contribution in [0.15, 0.2) is 36.8 Å². The standard InChI is InChI=1S/C10H11NS/c1-4-12-9(3)10-7-5-6-8(2)11-10/h4-7H,1,3H2,2H3. The number of rotatable bonds is 3. The average Bonchev–Trinajstić information content (AvgIpc) is 2.05. The van der Waals surface area contributed by atoms with Crippen LogP contribution in [0, 0.1) is 6.92 Å². The van der Waals surface area contributed by atoms with Crippen molar-refractivity contribution in [2.45, 2.75) is 6.92 Å². The Balaban J connectivity index is 2.87. The second-order valence-electron chi connectivity index (χ2n) is 2.37. The molecule has 1 aromatic heterocycles. The number of hydrogen-bond acceptors (Lipinski definition) is 2. The highest BCUT2D eigenvalue weighted by Gasteiger charge is 1.97. The summed E-state index contributed by atoms with van der Waals surface area (Å²) in [6, 6.07) is 5.90. The van der Waals surface area contributed by atoms with E-state index >= 15 is 0 Å². The Morgan fingerprint density at radius 2 is 2.33 bits per heavy atom. The van der Waals surface area contributed by atoms with Crippen LogP contribution < -0.4 is 0 Å². The molecule has 0 saturated carbocycles. The lowest BCUT2D eigenvalue weighted by Gasteiger charge is -2.01. The molecular weight excluding hydrogens is 166 g/mol. The summed E-state index contributed by atoms with van der Waals surface area (Å²) in [6.45, 7) is 9.48. The molecule has 0 fully saturated rings. The summed E-state index contributed by atoms with van der Waals surface area (Å²) in [5.74, 6) is 0. The van der Waals surface area contributed by atoms with E-state index in [2.05, 4.69) is 18.1 Å². The van der Waals surface area contributed by atoms with Gasteiger partial charge in [0, 0.05) is 10.6 Å². The van der Waals surface area contributed by atoms with Gasteiger partial charge in [-0.25, -0.2) is 0 Å². The number of thioether (sulfide) groups is 1. The van der Waals surface area contributed by atoms with Crippen LogP contribution in [0.3, 0.4) is 0 Å². The Kier molecular flexibility index (Phi) is 3.11. The molecule has 0 aliphatic carbocycles. The van der Waals surface area contributed by atoms with Gasteiger partial charge < -0.3 is 0 Å². The second kappa shape index (κ2) is 4.12. The molecule has 2 heteroatoms. The Hall–Kier alpha value is -1.02. The smallest absolute Gasteiger partial charge is 0.0765 e. The number of aryl methyl sites for hydroxylation is 1. The largest absolute Gasteiger partial charge is 0.253 e. The van der Waals surface area contributed by atoms with Crippen LogP contribution in [0.25, 0.3) is 4.91 Å². The highest BCUT2D eigenvalue weighted by Crippen LogP contribution is 2.23. The summed E-state index contributed by atoms with van der Waals surface area (Å²) in [7, 11) is 0. The Bertz CT molecular complexity index is 304. The minimum Gasteiger partial charge on any atom is -0.253 e. The fourth-order valence-corrected chi connectivity index (χ4v) is 1.29. The van der Waals surface area contributed by atoms with Crippen molar-refractivity contribution in [2.75, 3.05) is 0 Å². The van der Waals surface area contributed by atoms with Gasteiger partial charge in [-0.15, -0.1) is 0 Å². The fraction of sp³-hybridized carbons (Fsp3) is 0.100. The zero-order valence-electron chi connectivity index (χ0n) is 7.08. The van der Waals surface area contributed by atoms with E-state index in [1.165, 1.54) is 11.8 Å². The minimum absolute atomic E-state index is 0.930. The van der Waals surface area contributed by atoms with Crippen LogP contribution in [0.5, 0.6) is 0 Å². The average molecular weight is 177 g/mol. The molecular formula is C10H11NS. The van der Waals surface area contributed by atoms with E-state index in [1.54, 1.807) is 5.41 Å². The van der Waals surface area contributed by atoms with Gasteiger partial charge in [-0.2, -0.15) is 0 Å². The monoisotopic (exact) mass is 177 g/mol. The molecule has 0 amide bonds. The molecule has 12 heavy (non-hydrogen) atoms. The number of hydrogen-bond donors (Lipinski definition) is 0.